The molecule has 2 aromatic rings. The Bertz CT molecular complexity index is 1260. The zero-order valence-electron chi connectivity index (χ0n) is 24.5. The van der Waals surface area contributed by atoms with Crippen LogP contribution in [0.1, 0.15) is 72.3 Å². The largest absolute Gasteiger partial charge is 0.490 e. The molecule has 1 amide bonds. The summed E-state index contributed by atoms with van der Waals surface area (Å²) in [5.74, 6) is 0.474. The lowest BCUT2D eigenvalue weighted by Crippen LogP contribution is -2.56. The normalized spacial score (nSPS) is 25.7. The quantitative estimate of drug-likeness (QED) is 0.457. The molecule has 1 saturated carbocycles. The number of carbonyl (C=O) groups is 1. The fraction of sp³-hybridized carbons (Fsp3) is 0.613. The molecule has 2 unspecified atom stereocenters. The van der Waals surface area contributed by atoms with Gasteiger partial charge in [0.25, 0.3) is 11.5 Å². The number of anilines is 1. The first kappa shape index (κ1) is 28.6. The lowest BCUT2D eigenvalue weighted by molar-refractivity contribution is -0.103. The first-order valence-corrected chi connectivity index (χ1v) is 14.7. The Morgan fingerprint density at radius 2 is 1.77 bits per heavy atom. The third-order valence-electron chi connectivity index (χ3n) is 8.46. The highest BCUT2D eigenvalue weighted by Crippen LogP contribution is 2.35. The predicted molar refractivity (Wildman–Crippen MR) is 155 cm³/mol. The number of nitrogens with zero attached hydrogens (tertiary/aromatic N) is 1. The van der Waals surface area contributed by atoms with E-state index in [-0.39, 0.29) is 42.4 Å². The molecule has 9 heteroatoms. The molecule has 3 fully saturated rings. The highest BCUT2D eigenvalue weighted by atomic mass is 16.5. The molecule has 1 aliphatic carbocycles. The van der Waals surface area contributed by atoms with Gasteiger partial charge >= 0.3 is 0 Å². The number of H-pyrrole nitrogens is 1. The number of aromatic nitrogens is 1. The summed E-state index contributed by atoms with van der Waals surface area (Å²) in [6, 6.07) is 6.58. The van der Waals surface area contributed by atoms with Gasteiger partial charge in [-0.3, -0.25) is 14.5 Å². The van der Waals surface area contributed by atoms with E-state index in [2.05, 4.69) is 34.4 Å². The zero-order chi connectivity index (χ0) is 28.4. The number of hydrogen-bond acceptors (Lipinski definition) is 7. The van der Waals surface area contributed by atoms with Gasteiger partial charge in [-0.25, -0.2) is 0 Å². The number of rotatable bonds is 8. The van der Waals surface area contributed by atoms with Gasteiger partial charge in [0.05, 0.1) is 12.2 Å². The van der Waals surface area contributed by atoms with Crippen molar-refractivity contribution < 1.29 is 19.0 Å². The molecule has 1 aromatic heterocycles. The van der Waals surface area contributed by atoms with Crippen LogP contribution < -0.4 is 20.9 Å². The second-order valence-electron chi connectivity index (χ2n) is 11.9. The fourth-order valence-electron chi connectivity index (χ4n) is 6.21. The van der Waals surface area contributed by atoms with Crippen molar-refractivity contribution >= 4 is 11.6 Å². The maximum absolute atomic E-state index is 13.5. The van der Waals surface area contributed by atoms with Crippen molar-refractivity contribution in [1.29, 1.82) is 0 Å². The molecule has 40 heavy (non-hydrogen) atoms. The van der Waals surface area contributed by atoms with Crippen molar-refractivity contribution in [3.63, 3.8) is 0 Å². The lowest BCUT2D eigenvalue weighted by atomic mass is 9.87. The topological polar surface area (TPSA) is 105 Å². The van der Waals surface area contributed by atoms with Crippen molar-refractivity contribution in [2.45, 2.75) is 97.2 Å². The number of amides is 1. The Labute approximate surface area is 237 Å². The maximum Gasteiger partial charge on any atom is 0.253 e. The summed E-state index contributed by atoms with van der Waals surface area (Å²) in [5, 5.41) is 6.62. The van der Waals surface area contributed by atoms with E-state index in [9.17, 15) is 9.59 Å². The number of pyridine rings is 1. The average Bonchev–Trinajstić information content (AvgIpc) is 2.86. The molecule has 3 N–H and O–H groups in total. The molecular formula is C31H44N4O5. The van der Waals surface area contributed by atoms with Gasteiger partial charge in [-0.05, 0) is 70.7 Å². The average molecular weight is 553 g/mol. The van der Waals surface area contributed by atoms with Crippen LogP contribution in [0.3, 0.4) is 0 Å². The zero-order valence-corrected chi connectivity index (χ0v) is 24.5. The Hall–Kier alpha value is -2.88. The second kappa shape index (κ2) is 12.3. The van der Waals surface area contributed by atoms with Crippen LogP contribution in [0, 0.1) is 20.8 Å². The molecule has 0 spiro atoms. The van der Waals surface area contributed by atoms with Crippen LogP contribution in [0.2, 0.25) is 0 Å². The summed E-state index contributed by atoms with van der Waals surface area (Å²) in [6.45, 7) is 13.5. The first-order valence-electron chi connectivity index (χ1n) is 14.7. The summed E-state index contributed by atoms with van der Waals surface area (Å²) < 4.78 is 17.9. The van der Waals surface area contributed by atoms with E-state index in [0.717, 1.165) is 74.5 Å². The van der Waals surface area contributed by atoms with Crippen molar-refractivity contribution in [2.24, 2.45) is 0 Å². The Morgan fingerprint density at radius 3 is 2.45 bits per heavy atom. The van der Waals surface area contributed by atoms with Crippen molar-refractivity contribution in [2.75, 3.05) is 31.6 Å². The van der Waals surface area contributed by atoms with Gasteiger partial charge in [0.1, 0.15) is 11.9 Å². The van der Waals surface area contributed by atoms with Gasteiger partial charge in [-0.15, -0.1) is 0 Å². The van der Waals surface area contributed by atoms with Gasteiger partial charge in [0.15, 0.2) is 0 Å². The fourth-order valence-corrected chi connectivity index (χ4v) is 6.21. The molecule has 0 bridgehead atoms. The molecule has 1 aromatic carbocycles. The monoisotopic (exact) mass is 552 g/mol. The van der Waals surface area contributed by atoms with E-state index in [1.807, 2.05) is 39.0 Å². The molecule has 9 nitrogen and oxygen atoms in total. The summed E-state index contributed by atoms with van der Waals surface area (Å²) in [5.41, 5.74) is 4.40. The number of aromatic amines is 1. The van der Waals surface area contributed by atoms with E-state index in [1.54, 1.807) is 0 Å². The summed E-state index contributed by atoms with van der Waals surface area (Å²) >= 11 is 0. The minimum absolute atomic E-state index is 0.113. The van der Waals surface area contributed by atoms with Crippen LogP contribution in [0.5, 0.6) is 5.75 Å². The van der Waals surface area contributed by atoms with E-state index in [4.69, 9.17) is 14.2 Å². The van der Waals surface area contributed by atoms with Crippen LogP contribution in [0.4, 0.5) is 5.69 Å². The number of hydrogen-bond donors (Lipinski definition) is 3. The van der Waals surface area contributed by atoms with Gasteiger partial charge in [-0.2, -0.15) is 0 Å². The number of benzene rings is 1. The number of ether oxygens (including phenoxy) is 3. The number of aryl methyl sites for hydroxylation is 2. The number of nitrogens with one attached hydrogen (secondary N) is 3. The number of morpholine rings is 1. The Morgan fingerprint density at radius 1 is 1.07 bits per heavy atom. The lowest BCUT2D eigenvalue weighted by Gasteiger charge is -2.46. The highest BCUT2D eigenvalue weighted by molar-refractivity contribution is 5.97. The van der Waals surface area contributed by atoms with Crippen LogP contribution >= 0.6 is 0 Å². The first-order chi connectivity index (χ1) is 19.2. The molecule has 3 aliphatic rings. The Kier molecular flexibility index (Phi) is 8.83. The summed E-state index contributed by atoms with van der Waals surface area (Å²) in [7, 11) is 0. The van der Waals surface area contributed by atoms with Crippen molar-refractivity contribution in [3.8, 4) is 5.75 Å². The molecule has 2 atom stereocenters. The van der Waals surface area contributed by atoms with Crippen LogP contribution in [0.15, 0.2) is 23.0 Å². The van der Waals surface area contributed by atoms with E-state index in [1.165, 1.54) is 0 Å². The molecule has 218 valence electrons. The number of carbonyl (C=O) groups excluding carboxylic acids is 1. The van der Waals surface area contributed by atoms with Gasteiger partial charge in [-0.1, -0.05) is 0 Å². The van der Waals surface area contributed by atoms with Gasteiger partial charge < -0.3 is 29.8 Å². The molecule has 2 saturated heterocycles. The minimum Gasteiger partial charge on any atom is -0.490 e. The van der Waals surface area contributed by atoms with Crippen LogP contribution in [0.25, 0.3) is 0 Å². The second-order valence-corrected chi connectivity index (χ2v) is 11.9. The summed E-state index contributed by atoms with van der Waals surface area (Å²) in [4.78, 5) is 31.3. The van der Waals surface area contributed by atoms with Crippen LogP contribution in [-0.4, -0.2) is 72.5 Å². The third-order valence-corrected chi connectivity index (χ3v) is 8.46. The standard InChI is InChI=1S/C31H44N4O5/c1-18-10-19(2)33-31(37)28(18)15-32-30(36)27-13-26(14-29(22(27)5)34-23-6-8-38-9-7-23)40-25-11-24(12-25)35-16-20(3)39-21(4)17-35/h10,13-14,20-21,23-25,34H,6-9,11-12,15-17H2,1-5H3,(H,32,36)(H,33,37). The SMILES string of the molecule is Cc1cc(C)c(CNC(=O)c2cc(OC3CC(N4CC(C)OC(C)C4)C3)cc(NC3CCOCC3)c2C)c(=O)[nH]1. The molecule has 0 radical (unpaired) electrons. The highest BCUT2D eigenvalue weighted by Gasteiger charge is 2.38. The summed E-state index contributed by atoms with van der Waals surface area (Å²) in [6.07, 6.45) is 4.38. The Balaban J connectivity index is 1.30. The molecule has 5 rings (SSSR count). The van der Waals surface area contributed by atoms with E-state index < -0.39 is 0 Å². The van der Waals surface area contributed by atoms with Crippen molar-refractivity contribution in [1.82, 2.24) is 15.2 Å². The molecule has 3 heterocycles. The van der Waals surface area contributed by atoms with Crippen LogP contribution in [-0.2, 0) is 16.0 Å². The smallest absolute Gasteiger partial charge is 0.253 e. The van der Waals surface area contributed by atoms with Gasteiger partial charge in [0, 0.05) is 86.3 Å². The predicted octanol–water partition coefficient (Wildman–Crippen LogP) is 3.84. The van der Waals surface area contributed by atoms with Crippen molar-refractivity contribution in [3.05, 3.63) is 56.5 Å². The minimum atomic E-state index is -0.222. The molecular weight excluding hydrogens is 508 g/mol. The van der Waals surface area contributed by atoms with E-state index >= 15 is 0 Å². The maximum atomic E-state index is 13.5. The van der Waals surface area contributed by atoms with E-state index in [0.29, 0.717) is 22.9 Å². The van der Waals surface area contributed by atoms with Gasteiger partial charge in [0.2, 0.25) is 0 Å². The molecule has 2 aliphatic heterocycles. The third kappa shape index (κ3) is 6.70.